The first kappa shape index (κ1) is 12.9. The Bertz CT molecular complexity index is 354. The van der Waals surface area contributed by atoms with Crippen LogP contribution in [-0.2, 0) is 0 Å². The van der Waals surface area contributed by atoms with Gasteiger partial charge in [-0.25, -0.2) is 4.98 Å². The third-order valence-electron chi connectivity index (χ3n) is 1.96. The van der Waals surface area contributed by atoms with Crippen LogP contribution in [-0.4, -0.2) is 52.3 Å². The van der Waals surface area contributed by atoms with Crippen LogP contribution in [0.1, 0.15) is 10.5 Å². The quantitative estimate of drug-likeness (QED) is 0.724. The van der Waals surface area contributed by atoms with Crippen molar-refractivity contribution in [1.29, 1.82) is 0 Å². The molecule has 1 amide bonds. The Kier molecular flexibility index (Phi) is 5.18. The first-order valence-corrected chi connectivity index (χ1v) is 5.20. The second kappa shape index (κ2) is 6.42. The van der Waals surface area contributed by atoms with Crippen molar-refractivity contribution in [2.45, 2.75) is 0 Å². The van der Waals surface area contributed by atoms with Gasteiger partial charge < -0.3 is 15.1 Å². The lowest BCUT2D eigenvalue weighted by molar-refractivity contribution is 0.0679. The first-order valence-electron chi connectivity index (χ1n) is 4.82. The predicted octanol–water partition coefficient (Wildman–Crippen LogP) is 0.162. The molecule has 1 aromatic rings. The summed E-state index contributed by atoms with van der Waals surface area (Å²) in [6.07, 6.45) is 0. The summed E-state index contributed by atoms with van der Waals surface area (Å²) in [5, 5.41) is 17.8. The molecular weight excluding hydrogens is 232 g/mol. The fourth-order valence-electron chi connectivity index (χ4n) is 1.25. The molecule has 0 radical (unpaired) electrons. The Morgan fingerprint density at radius 2 is 1.94 bits per heavy atom. The highest BCUT2D eigenvalue weighted by atomic mass is 35.5. The molecule has 0 aliphatic carbocycles. The van der Waals surface area contributed by atoms with Gasteiger partial charge in [0.25, 0.3) is 5.91 Å². The largest absolute Gasteiger partial charge is 0.395 e. The van der Waals surface area contributed by atoms with Crippen molar-refractivity contribution >= 4 is 17.5 Å². The Labute approximate surface area is 98.3 Å². The molecule has 16 heavy (non-hydrogen) atoms. The molecule has 0 atom stereocenters. The standard InChI is InChI=1S/C10H13ClN2O3/c11-9-3-1-2-8(12-9)10(16)13(4-6-14)5-7-15/h1-3,14-15H,4-7H2. The summed E-state index contributed by atoms with van der Waals surface area (Å²) in [6, 6.07) is 4.73. The zero-order valence-corrected chi connectivity index (χ0v) is 9.39. The number of carbonyl (C=O) groups is 1. The summed E-state index contributed by atoms with van der Waals surface area (Å²) >= 11 is 5.67. The van der Waals surface area contributed by atoms with E-state index in [2.05, 4.69) is 4.98 Å². The van der Waals surface area contributed by atoms with Crippen LogP contribution in [0.15, 0.2) is 18.2 Å². The monoisotopic (exact) mass is 244 g/mol. The Hall–Kier alpha value is -1.17. The SMILES string of the molecule is O=C(c1cccc(Cl)n1)N(CCO)CCO. The van der Waals surface area contributed by atoms with Crippen LogP contribution < -0.4 is 0 Å². The maximum absolute atomic E-state index is 11.9. The number of amides is 1. The minimum atomic E-state index is -0.356. The van der Waals surface area contributed by atoms with E-state index in [0.717, 1.165) is 0 Å². The van der Waals surface area contributed by atoms with Gasteiger partial charge in [0.15, 0.2) is 0 Å². The van der Waals surface area contributed by atoms with Crippen LogP contribution in [0.2, 0.25) is 5.15 Å². The minimum Gasteiger partial charge on any atom is -0.395 e. The number of halogens is 1. The van der Waals surface area contributed by atoms with Crippen LogP contribution in [0.3, 0.4) is 0 Å². The van der Waals surface area contributed by atoms with Gasteiger partial charge >= 0.3 is 0 Å². The smallest absolute Gasteiger partial charge is 0.272 e. The van der Waals surface area contributed by atoms with E-state index < -0.39 is 0 Å². The number of carbonyl (C=O) groups excluding carboxylic acids is 1. The number of pyridine rings is 1. The Morgan fingerprint density at radius 1 is 1.31 bits per heavy atom. The molecule has 0 saturated heterocycles. The maximum Gasteiger partial charge on any atom is 0.272 e. The molecule has 5 nitrogen and oxygen atoms in total. The number of rotatable bonds is 5. The third-order valence-corrected chi connectivity index (χ3v) is 2.17. The molecule has 0 unspecified atom stereocenters. The Balaban J connectivity index is 2.81. The van der Waals surface area contributed by atoms with Crippen LogP contribution in [0.4, 0.5) is 0 Å². The summed E-state index contributed by atoms with van der Waals surface area (Å²) in [6.45, 7) is -0.000214. The zero-order chi connectivity index (χ0) is 12.0. The molecule has 0 bridgehead atoms. The Morgan fingerprint density at radius 3 is 2.44 bits per heavy atom. The fourth-order valence-corrected chi connectivity index (χ4v) is 1.41. The van der Waals surface area contributed by atoms with Crippen molar-refractivity contribution < 1.29 is 15.0 Å². The second-order valence-corrected chi connectivity index (χ2v) is 3.47. The number of aliphatic hydroxyl groups is 2. The van der Waals surface area contributed by atoms with E-state index >= 15 is 0 Å². The molecule has 1 heterocycles. The van der Waals surface area contributed by atoms with E-state index in [1.165, 1.54) is 11.0 Å². The first-order chi connectivity index (χ1) is 7.69. The van der Waals surface area contributed by atoms with Gasteiger partial charge in [0.2, 0.25) is 0 Å². The highest BCUT2D eigenvalue weighted by molar-refractivity contribution is 6.29. The van der Waals surface area contributed by atoms with E-state index in [9.17, 15) is 4.79 Å². The van der Waals surface area contributed by atoms with E-state index in [1.807, 2.05) is 0 Å². The van der Waals surface area contributed by atoms with Crippen LogP contribution in [0.25, 0.3) is 0 Å². The lowest BCUT2D eigenvalue weighted by Gasteiger charge is -2.19. The number of hydrogen-bond donors (Lipinski definition) is 2. The van der Waals surface area contributed by atoms with Gasteiger partial charge in [-0.05, 0) is 12.1 Å². The van der Waals surface area contributed by atoms with Gasteiger partial charge in [0.1, 0.15) is 10.8 Å². The van der Waals surface area contributed by atoms with Crippen molar-refractivity contribution in [3.63, 3.8) is 0 Å². The van der Waals surface area contributed by atoms with E-state index in [0.29, 0.717) is 0 Å². The number of aliphatic hydroxyl groups excluding tert-OH is 2. The number of hydrogen-bond acceptors (Lipinski definition) is 4. The summed E-state index contributed by atoms with van der Waals surface area (Å²) in [7, 11) is 0. The maximum atomic E-state index is 11.9. The average Bonchev–Trinajstić information content (AvgIpc) is 2.28. The summed E-state index contributed by atoms with van der Waals surface area (Å²) < 4.78 is 0. The van der Waals surface area contributed by atoms with Crippen molar-refractivity contribution in [1.82, 2.24) is 9.88 Å². The third kappa shape index (κ3) is 3.44. The van der Waals surface area contributed by atoms with Crippen molar-refractivity contribution in [3.05, 3.63) is 29.0 Å². The minimum absolute atomic E-state index is 0.160. The normalized spacial score (nSPS) is 10.2. The second-order valence-electron chi connectivity index (χ2n) is 3.08. The molecule has 0 spiro atoms. The van der Waals surface area contributed by atoms with Gasteiger partial charge in [-0.15, -0.1) is 0 Å². The molecular formula is C10H13ClN2O3. The molecule has 0 aromatic carbocycles. The average molecular weight is 245 g/mol. The summed E-state index contributed by atoms with van der Waals surface area (Å²) in [4.78, 5) is 17.0. The van der Waals surface area contributed by atoms with E-state index in [4.69, 9.17) is 21.8 Å². The van der Waals surface area contributed by atoms with Gasteiger partial charge in [-0.3, -0.25) is 4.79 Å². The molecule has 0 aliphatic heterocycles. The molecule has 88 valence electrons. The van der Waals surface area contributed by atoms with Gasteiger partial charge in [-0.1, -0.05) is 17.7 Å². The lowest BCUT2D eigenvalue weighted by atomic mass is 10.3. The van der Waals surface area contributed by atoms with Crippen LogP contribution in [0, 0.1) is 0 Å². The fraction of sp³-hybridized carbons (Fsp3) is 0.400. The van der Waals surface area contributed by atoms with Gasteiger partial charge in [0, 0.05) is 13.1 Å². The summed E-state index contributed by atoms with van der Waals surface area (Å²) in [5.41, 5.74) is 0.203. The molecule has 1 aromatic heterocycles. The zero-order valence-electron chi connectivity index (χ0n) is 8.64. The molecule has 0 fully saturated rings. The lowest BCUT2D eigenvalue weighted by Crippen LogP contribution is -2.36. The molecule has 6 heteroatoms. The van der Waals surface area contributed by atoms with Crippen LogP contribution >= 0.6 is 11.6 Å². The number of nitrogens with zero attached hydrogens (tertiary/aromatic N) is 2. The molecule has 1 rings (SSSR count). The van der Waals surface area contributed by atoms with E-state index in [1.54, 1.807) is 12.1 Å². The van der Waals surface area contributed by atoms with Crippen molar-refractivity contribution in [2.24, 2.45) is 0 Å². The molecule has 0 aliphatic rings. The number of aromatic nitrogens is 1. The molecule has 0 saturated carbocycles. The predicted molar refractivity (Wildman–Crippen MR) is 59.3 cm³/mol. The molecule has 2 N–H and O–H groups in total. The van der Waals surface area contributed by atoms with Gasteiger partial charge in [-0.2, -0.15) is 0 Å². The highest BCUT2D eigenvalue weighted by Crippen LogP contribution is 2.07. The van der Waals surface area contributed by atoms with E-state index in [-0.39, 0.29) is 43.1 Å². The van der Waals surface area contributed by atoms with Crippen molar-refractivity contribution in [2.75, 3.05) is 26.3 Å². The van der Waals surface area contributed by atoms with Crippen LogP contribution in [0.5, 0.6) is 0 Å². The van der Waals surface area contributed by atoms with Gasteiger partial charge in [0.05, 0.1) is 13.2 Å². The topological polar surface area (TPSA) is 73.7 Å². The highest BCUT2D eigenvalue weighted by Gasteiger charge is 2.15. The van der Waals surface area contributed by atoms with Crippen molar-refractivity contribution in [3.8, 4) is 0 Å². The summed E-state index contributed by atoms with van der Waals surface area (Å²) in [5.74, 6) is -0.356.